The summed E-state index contributed by atoms with van der Waals surface area (Å²) in [5.74, 6) is 1.54. The lowest BCUT2D eigenvalue weighted by atomic mass is 10.3. The van der Waals surface area contributed by atoms with Crippen LogP contribution in [0, 0.1) is 17.7 Å². The molecule has 2 aliphatic rings. The van der Waals surface area contributed by atoms with E-state index in [1.165, 1.54) is 19.5 Å². The first-order valence-corrected chi connectivity index (χ1v) is 9.51. The number of ether oxygens (including phenoxy) is 1. The van der Waals surface area contributed by atoms with Gasteiger partial charge in [0.1, 0.15) is 5.82 Å². The van der Waals surface area contributed by atoms with E-state index in [-0.39, 0.29) is 0 Å². The van der Waals surface area contributed by atoms with Crippen molar-refractivity contribution in [2.45, 2.75) is 19.1 Å². The fourth-order valence-corrected chi connectivity index (χ4v) is 3.77. The number of aryl methyl sites for hydroxylation is 1. The maximum Gasteiger partial charge on any atom is 0.417 e. The number of likely N-dealkylation sites (tertiary alicyclic amines) is 1. The predicted molar refractivity (Wildman–Crippen MR) is 101 cm³/mol. The van der Waals surface area contributed by atoms with Crippen molar-refractivity contribution in [3.05, 3.63) is 47.8 Å². The van der Waals surface area contributed by atoms with E-state index in [0.29, 0.717) is 12.3 Å². The molecule has 0 amide bonds. The minimum atomic E-state index is -4.58. The second kappa shape index (κ2) is 7.82. The van der Waals surface area contributed by atoms with Gasteiger partial charge in [0.15, 0.2) is 11.5 Å². The highest BCUT2D eigenvalue weighted by Gasteiger charge is 2.45. The van der Waals surface area contributed by atoms with E-state index in [2.05, 4.69) is 42.3 Å². The van der Waals surface area contributed by atoms with Crippen molar-refractivity contribution in [3.63, 3.8) is 0 Å². The standard InChI is InChI=1S/C13H16N4.C7H5F4NO/c1-16-11-3-2-4-14-13(11)15-12(16)8-17-6-9-5-10(9)7-17;1-13-6-5(8)2-4(3-12-6)7(9,10)11/h2-4,9-10H,5-8H2,1H3;2-3H,1H3. The first-order chi connectivity index (χ1) is 14.3. The molecular formula is C20H21F4N5O. The Labute approximate surface area is 170 Å². The van der Waals surface area contributed by atoms with Crippen LogP contribution in [0.3, 0.4) is 0 Å². The number of piperidine rings is 1. The van der Waals surface area contributed by atoms with Crippen LogP contribution in [0.5, 0.6) is 5.88 Å². The topological polar surface area (TPSA) is 56.1 Å². The van der Waals surface area contributed by atoms with Gasteiger partial charge in [-0.05, 0) is 36.5 Å². The monoisotopic (exact) mass is 423 g/mol. The van der Waals surface area contributed by atoms with E-state index in [9.17, 15) is 17.6 Å². The van der Waals surface area contributed by atoms with Crippen LogP contribution in [-0.2, 0) is 19.8 Å². The summed E-state index contributed by atoms with van der Waals surface area (Å²) in [5.41, 5.74) is 0.868. The van der Waals surface area contributed by atoms with Gasteiger partial charge >= 0.3 is 6.18 Å². The van der Waals surface area contributed by atoms with E-state index >= 15 is 0 Å². The molecule has 4 heterocycles. The van der Waals surface area contributed by atoms with Gasteiger partial charge in [0.05, 0.1) is 24.7 Å². The van der Waals surface area contributed by atoms with Crippen molar-refractivity contribution >= 4 is 11.2 Å². The van der Waals surface area contributed by atoms with E-state index in [4.69, 9.17) is 0 Å². The van der Waals surface area contributed by atoms with Gasteiger partial charge < -0.3 is 9.30 Å². The number of pyridine rings is 2. The molecule has 6 nitrogen and oxygen atoms in total. The normalized spacial score (nSPS) is 20.6. The maximum atomic E-state index is 12.7. The van der Waals surface area contributed by atoms with Gasteiger partial charge in [-0.1, -0.05) is 0 Å². The highest BCUT2D eigenvalue weighted by molar-refractivity contribution is 5.71. The summed E-state index contributed by atoms with van der Waals surface area (Å²) in [6.07, 6.45) is -0.799. The van der Waals surface area contributed by atoms with Crippen LogP contribution in [0.25, 0.3) is 11.2 Å². The molecule has 160 valence electrons. The summed E-state index contributed by atoms with van der Waals surface area (Å²) in [6.45, 7) is 3.50. The number of nitrogens with zero attached hydrogens (tertiary/aromatic N) is 5. The highest BCUT2D eigenvalue weighted by Crippen LogP contribution is 2.45. The van der Waals surface area contributed by atoms with E-state index in [0.717, 1.165) is 42.5 Å². The third kappa shape index (κ3) is 4.23. The number of methoxy groups -OCH3 is 1. The Morgan fingerprint density at radius 1 is 1.20 bits per heavy atom. The summed E-state index contributed by atoms with van der Waals surface area (Å²) in [7, 11) is 3.21. The lowest BCUT2D eigenvalue weighted by molar-refractivity contribution is -0.138. The fraction of sp³-hybridized carbons (Fsp3) is 0.450. The SMILES string of the molecule is COc1ncc(C(F)(F)F)cc1F.Cn1c(CN2CC3CC3C2)nc2ncccc21. The minimum absolute atomic E-state index is 0.339. The maximum absolute atomic E-state index is 12.7. The third-order valence-electron chi connectivity index (χ3n) is 5.50. The Kier molecular flexibility index (Phi) is 5.35. The van der Waals surface area contributed by atoms with Crippen molar-refractivity contribution in [2.75, 3.05) is 20.2 Å². The summed E-state index contributed by atoms with van der Waals surface area (Å²) in [6, 6.07) is 4.39. The number of fused-ring (bicyclic) bond motifs is 2. The summed E-state index contributed by atoms with van der Waals surface area (Å²) in [5, 5.41) is 0. The Balaban J connectivity index is 0.000000152. The highest BCUT2D eigenvalue weighted by atomic mass is 19.4. The molecule has 0 N–H and O–H groups in total. The van der Waals surface area contributed by atoms with Crippen molar-refractivity contribution < 1.29 is 22.3 Å². The Morgan fingerprint density at radius 3 is 2.53 bits per heavy atom. The van der Waals surface area contributed by atoms with Crippen molar-refractivity contribution in [1.82, 2.24) is 24.4 Å². The molecule has 2 atom stereocenters. The molecule has 2 fully saturated rings. The molecule has 1 saturated heterocycles. The minimum Gasteiger partial charge on any atom is -0.479 e. The Hall–Kier alpha value is -2.75. The van der Waals surface area contributed by atoms with E-state index in [1.807, 2.05) is 12.3 Å². The van der Waals surface area contributed by atoms with Crippen LogP contribution in [0.15, 0.2) is 30.6 Å². The molecule has 0 spiro atoms. The number of alkyl halides is 3. The van der Waals surface area contributed by atoms with E-state index in [1.54, 1.807) is 0 Å². The van der Waals surface area contributed by atoms with Crippen molar-refractivity contribution in [3.8, 4) is 5.88 Å². The molecule has 30 heavy (non-hydrogen) atoms. The number of hydrogen-bond acceptors (Lipinski definition) is 5. The van der Waals surface area contributed by atoms with Crippen LogP contribution in [-0.4, -0.2) is 44.6 Å². The molecule has 2 unspecified atom stereocenters. The summed E-state index contributed by atoms with van der Waals surface area (Å²) in [4.78, 5) is 14.6. The predicted octanol–water partition coefficient (Wildman–Crippen LogP) is 3.67. The lowest BCUT2D eigenvalue weighted by Crippen LogP contribution is -2.23. The number of rotatable bonds is 3. The number of halogens is 4. The summed E-state index contributed by atoms with van der Waals surface area (Å²) >= 11 is 0. The largest absolute Gasteiger partial charge is 0.479 e. The second-order valence-corrected chi connectivity index (χ2v) is 7.60. The molecule has 0 radical (unpaired) electrons. The zero-order valence-electron chi connectivity index (χ0n) is 16.5. The van der Waals surface area contributed by atoms with Gasteiger partial charge in [0.25, 0.3) is 0 Å². The molecule has 10 heteroatoms. The number of imidazole rings is 1. The van der Waals surface area contributed by atoms with Gasteiger partial charge in [-0.3, -0.25) is 4.90 Å². The Morgan fingerprint density at radius 2 is 1.93 bits per heavy atom. The second-order valence-electron chi connectivity index (χ2n) is 7.60. The van der Waals surface area contributed by atoms with Gasteiger partial charge in [0, 0.05) is 32.5 Å². The van der Waals surface area contributed by atoms with Crippen molar-refractivity contribution in [1.29, 1.82) is 0 Å². The van der Waals surface area contributed by atoms with Gasteiger partial charge in [-0.25, -0.2) is 19.3 Å². The molecule has 1 saturated carbocycles. The number of aromatic nitrogens is 4. The van der Waals surface area contributed by atoms with Crippen LogP contribution >= 0.6 is 0 Å². The molecular weight excluding hydrogens is 402 g/mol. The average molecular weight is 423 g/mol. The third-order valence-corrected chi connectivity index (χ3v) is 5.50. The van der Waals surface area contributed by atoms with Gasteiger partial charge in [-0.2, -0.15) is 13.2 Å². The molecule has 1 aliphatic heterocycles. The lowest BCUT2D eigenvalue weighted by Gasteiger charge is -2.16. The number of hydrogen-bond donors (Lipinski definition) is 0. The quantitative estimate of drug-likeness (QED) is 0.602. The molecule has 0 aromatic carbocycles. The fourth-order valence-electron chi connectivity index (χ4n) is 3.77. The van der Waals surface area contributed by atoms with Gasteiger partial charge in [-0.15, -0.1) is 0 Å². The zero-order valence-corrected chi connectivity index (χ0v) is 16.5. The molecule has 5 rings (SSSR count). The molecule has 3 aromatic rings. The first-order valence-electron chi connectivity index (χ1n) is 9.51. The molecule has 0 bridgehead atoms. The van der Waals surface area contributed by atoms with Crippen LogP contribution in [0.1, 0.15) is 17.8 Å². The average Bonchev–Trinajstić information content (AvgIpc) is 3.19. The smallest absolute Gasteiger partial charge is 0.417 e. The van der Waals surface area contributed by atoms with Crippen molar-refractivity contribution in [2.24, 2.45) is 18.9 Å². The summed E-state index contributed by atoms with van der Waals surface area (Å²) < 4.78 is 55.1. The van der Waals surface area contributed by atoms with Crippen LogP contribution < -0.4 is 4.74 Å². The van der Waals surface area contributed by atoms with Gasteiger partial charge in [0.2, 0.25) is 5.88 Å². The molecule has 3 aromatic heterocycles. The first kappa shape index (κ1) is 20.5. The Bertz CT molecular complexity index is 1040. The zero-order chi connectivity index (χ0) is 21.5. The van der Waals surface area contributed by atoms with Crippen LogP contribution in [0.4, 0.5) is 17.6 Å². The van der Waals surface area contributed by atoms with Crippen LogP contribution in [0.2, 0.25) is 0 Å². The van der Waals surface area contributed by atoms with E-state index < -0.39 is 23.4 Å². The molecule has 1 aliphatic carbocycles.